The summed E-state index contributed by atoms with van der Waals surface area (Å²) < 4.78 is 5.38. The van der Waals surface area contributed by atoms with E-state index in [1.165, 1.54) is 6.21 Å². The minimum Gasteiger partial charge on any atom is -0.379 e. The fourth-order valence-corrected chi connectivity index (χ4v) is 2.96. The Bertz CT molecular complexity index is 298. The van der Waals surface area contributed by atoms with E-state index in [2.05, 4.69) is 25.7 Å². The molecular formula is C12H21BrN4O. The molecule has 0 aliphatic carbocycles. The van der Waals surface area contributed by atoms with Crippen LogP contribution in [0.25, 0.3) is 0 Å². The average molecular weight is 317 g/mol. The monoisotopic (exact) mass is 316 g/mol. The standard InChI is InChI=1S/C12H21BrN4O/c13-11(9-14)12(15)17-3-1-10(2-4-17)16-5-7-18-8-6-16/h9-11,14-15H,1-8H2. The fraction of sp³-hybridized carbons (Fsp3) is 0.833. The number of ether oxygens (including phenoxy) is 1. The van der Waals surface area contributed by atoms with E-state index in [1.807, 2.05) is 0 Å². The Labute approximate surface area is 117 Å². The smallest absolute Gasteiger partial charge is 0.115 e. The molecule has 2 aliphatic heterocycles. The van der Waals surface area contributed by atoms with Crippen molar-refractivity contribution < 1.29 is 4.74 Å². The summed E-state index contributed by atoms with van der Waals surface area (Å²) in [5.41, 5.74) is 0. The van der Waals surface area contributed by atoms with Gasteiger partial charge in [-0.05, 0) is 12.8 Å². The van der Waals surface area contributed by atoms with Crippen molar-refractivity contribution in [2.24, 2.45) is 0 Å². The molecule has 2 fully saturated rings. The third-order valence-corrected chi connectivity index (χ3v) is 4.47. The topological polar surface area (TPSA) is 63.4 Å². The van der Waals surface area contributed by atoms with Crippen LogP contribution >= 0.6 is 15.9 Å². The Morgan fingerprint density at radius 2 is 1.83 bits per heavy atom. The zero-order valence-corrected chi connectivity index (χ0v) is 12.2. The van der Waals surface area contributed by atoms with Gasteiger partial charge in [-0.1, -0.05) is 15.9 Å². The lowest BCUT2D eigenvalue weighted by atomic mass is 10.0. The van der Waals surface area contributed by atoms with E-state index in [0.29, 0.717) is 11.9 Å². The first kappa shape index (κ1) is 14.0. The molecular weight excluding hydrogens is 296 g/mol. The molecule has 2 saturated heterocycles. The SMILES string of the molecule is N=CC(Br)C(=N)N1CCC(N2CCOCC2)CC1. The van der Waals surface area contributed by atoms with Gasteiger partial charge >= 0.3 is 0 Å². The normalized spacial score (nSPS) is 24.8. The molecule has 0 spiro atoms. The highest BCUT2D eigenvalue weighted by Crippen LogP contribution is 2.19. The largest absolute Gasteiger partial charge is 0.379 e. The second-order valence-electron chi connectivity index (χ2n) is 4.82. The fourth-order valence-electron chi connectivity index (χ4n) is 2.67. The third-order valence-electron chi connectivity index (χ3n) is 3.77. The first-order valence-corrected chi connectivity index (χ1v) is 7.44. The molecule has 6 heteroatoms. The van der Waals surface area contributed by atoms with Crippen molar-refractivity contribution in [2.45, 2.75) is 23.7 Å². The Morgan fingerprint density at radius 3 is 2.39 bits per heavy atom. The molecule has 0 aromatic heterocycles. The molecule has 0 radical (unpaired) electrons. The van der Waals surface area contributed by atoms with Gasteiger partial charge in [0.15, 0.2) is 0 Å². The van der Waals surface area contributed by atoms with Gasteiger partial charge in [0.2, 0.25) is 0 Å². The molecule has 5 nitrogen and oxygen atoms in total. The number of piperidine rings is 1. The first-order chi connectivity index (χ1) is 8.72. The van der Waals surface area contributed by atoms with E-state index >= 15 is 0 Å². The maximum absolute atomic E-state index is 7.99. The quantitative estimate of drug-likeness (QED) is 0.467. The van der Waals surface area contributed by atoms with E-state index in [-0.39, 0.29) is 4.83 Å². The van der Waals surface area contributed by atoms with Crippen LogP contribution in [0.4, 0.5) is 0 Å². The number of hydrogen-bond donors (Lipinski definition) is 2. The Hall–Kier alpha value is -0.460. The molecule has 1 unspecified atom stereocenters. The zero-order valence-electron chi connectivity index (χ0n) is 10.6. The van der Waals surface area contributed by atoms with Gasteiger partial charge in [-0.25, -0.2) is 0 Å². The van der Waals surface area contributed by atoms with Crippen LogP contribution in [-0.4, -0.2) is 72.1 Å². The van der Waals surface area contributed by atoms with Crippen LogP contribution in [0.1, 0.15) is 12.8 Å². The summed E-state index contributed by atoms with van der Waals surface area (Å²) in [5.74, 6) is 0.519. The number of amidine groups is 1. The third kappa shape index (κ3) is 3.30. The van der Waals surface area contributed by atoms with Crippen molar-refractivity contribution >= 4 is 28.0 Å². The minimum atomic E-state index is -0.238. The Morgan fingerprint density at radius 1 is 1.22 bits per heavy atom. The highest BCUT2D eigenvalue weighted by molar-refractivity contribution is 9.10. The lowest BCUT2D eigenvalue weighted by Crippen LogP contribution is -2.51. The van der Waals surface area contributed by atoms with Crippen molar-refractivity contribution in [3.8, 4) is 0 Å². The molecule has 2 heterocycles. The van der Waals surface area contributed by atoms with Gasteiger partial charge in [-0.15, -0.1) is 0 Å². The second kappa shape index (κ2) is 6.63. The van der Waals surface area contributed by atoms with Crippen LogP contribution in [0.3, 0.4) is 0 Å². The van der Waals surface area contributed by atoms with Crippen molar-refractivity contribution in [1.29, 1.82) is 10.8 Å². The predicted molar refractivity (Wildman–Crippen MR) is 76.2 cm³/mol. The van der Waals surface area contributed by atoms with Crippen molar-refractivity contribution in [3.63, 3.8) is 0 Å². The molecule has 0 aromatic rings. The number of rotatable bonds is 3. The summed E-state index contributed by atoms with van der Waals surface area (Å²) in [6.45, 7) is 5.65. The summed E-state index contributed by atoms with van der Waals surface area (Å²) in [6, 6.07) is 0.645. The summed E-state index contributed by atoms with van der Waals surface area (Å²) in [7, 11) is 0. The highest BCUT2D eigenvalue weighted by Gasteiger charge is 2.27. The first-order valence-electron chi connectivity index (χ1n) is 6.52. The van der Waals surface area contributed by atoms with Gasteiger partial charge < -0.3 is 15.0 Å². The number of nitrogens with one attached hydrogen (secondary N) is 2. The number of morpholine rings is 1. The molecule has 0 amide bonds. The lowest BCUT2D eigenvalue weighted by molar-refractivity contribution is 0.00533. The molecule has 0 saturated carbocycles. The number of halogens is 1. The van der Waals surface area contributed by atoms with Crippen LogP contribution in [0, 0.1) is 10.8 Å². The maximum Gasteiger partial charge on any atom is 0.115 e. The van der Waals surface area contributed by atoms with Crippen LogP contribution in [0.5, 0.6) is 0 Å². The Kier molecular flexibility index (Phi) is 5.14. The van der Waals surface area contributed by atoms with E-state index in [9.17, 15) is 0 Å². The number of alkyl halides is 1. The maximum atomic E-state index is 7.99. The lowest BCUT2D eigenvalue weighted by Gasteiger charge is -2.41. The number of nitrogens with zero attached hydrogens (tertiary/aromatic N) is 2. The molecule has 0 aromatic carbocycles. The van der Waals surface area contributed by atoms with Gasteiger partial charge in [0.05, 0.1) is 13.2 Å². The average Bonchev–Trinajstić information content (AvgIpc) is 2.47. The van der Waals surface area contributed by atoms with Crippen molar-refractivity contribution in [3.05, 3.63) is 0 Å². The molecule has 102 valence electrons. The van der Waals surface area contributed by atoms with Crippen LogP contribution in [0.2, 0.25) is 0 Å². The molecule has 18 heavy (non-hydrogen) atoms. The van der Waals surface area contributed by atoms with E-state index in [0.717, 1.165) is 52.2 Å². The zero-order chi connectivity index (χ0) is 13.0. The van der Waals surface area contributed by atoms with Gasteiger partial charge in [0.1, 0.15) is 10.7 Å². The van der Waals surface area contributed by atoms with Gasteiger partial charge in [-0.3, -0.25) is 10.3 Å². The predicted octanol–water partition coefficient (Wildman–Crippen LogP) is 1.17. The summed E-state index contributed by atoms with van der Waals surface area (Å²) in [6.07, 6.45) is 3.50. The van der Waals surface area contributed by atoms with E-state index < -0.39 is 0 Å². The van der Waals surface area contributed by atoms with Crippen LogP contribution in [0.15, 0.2) is 0 Å². The number of hydrogen-bond acceptors (Lipinski definition) is 4. The molecule has 1 atom stereocenters. The van der Waals surface area contributed by atoms with Crippen LogP contribution in [-0.2, 0) is 4.74 Å². The molecule has 2 N–H and O–H groups in total. The Balaban J connectivity index is 1.80. The van der Waals surface area contributed by atoms with Crippen LogP contribution < -0.4 is 0 Å². The van der Waals surface area contributed by atoms with Crippen molar-refractivity contribution in [1.82, 2.24) is 9.80 Å². The van der Waals surface area contributed by atoms with Gasteiger partial charge in [-0.2, -0.15) is 0 Å². The van der Waals surface area contributed by atoms with Gasteiger partial charge in [0.25, 0.3) is 0 Å². The summed E-state index contributed by atoms with van der Waals surface area (Å²) in [5, 5.41) is 15.2. The van der Waals surface area contributed by atoms with E-state index in [4.69, 9.17) is 15.6 Å². The summed E-state index contributed by atoms with van der Waals surface area (Å²) >= 11 is 3.33. The number of likely N-dealkylation sites (tertiary alicyclic amines) is 1. The van der Waals surface area contributed by atoms with Gasteiger partial charge in [0, 0.05) is 38.4 Å². The minimum absolute atomic E-state index is 0.238. The second-order valence-corrected chi connectivity index (χ2v) is 5.81. The van der Waals surface area contributed by atoms with E-state index in [1.54, 1.807) is 0 Å². The highest BCUT2D eigenvalue weighted by atomic mass is 79.9. The summed E-state index contributed by atoms with van der Waals surface area (Å²) in [4.78, 5) is 4.37. The van der Waals surface area contributed by atoms with Crippen molar-refractivity contribution in [2.75, 3.05) is 39.4 Å². The molecule has 2 rings (SSSR count). The molecule has 0 bridgehead atoms. The molecule has 2 aliphatic rings.